The van der Waals surface area contributed by atoms with Gasteiger partial charge < -0.3 is 10.5 Å². The van der Waals surface area contributed by atoms with Crippen LogP contribution in [0.5, 0.6) is 11.6 Å². The van der Waals surface area contributed by atoms with Gasteiger partial charge >= 0.3 is 0 Å². The second-order valence-corrected chi connectivity index (χ2v) is 3.03. The zero-order chi connectivity index (χ0) is 10.7. The maximum atomic E-state index is 5.71. The van der Waals surface area contributed by atoms with Crippen LogP contribution in [0.25, 0.3) is 0 Å². The number of nitrogen functional groups attached to an aromatic ring is 1. The predicted octanol–water partition coefficient (Wildman–Crippen LogP) is 1.90. The molecule has 0 saturated carbocycles. The molecule has 0 saturated heterocycles. The lowest BCUT2D eigenvalue weighted by molar-refractivity contribution is 0.462. The van der Waals surface area contributed by atoms with E-state index in [1.54, 1.807) is 24.5 Å². The lowest BCUT2D eigenvalue weighted by Crippen LogP contribution is -1.97. The summed E-state index contributed by atoms with van der Waals surface area (Å²) in [6, 6.07) is 3.48. The van der Waals surface area contributed by atoms with Crippen LogP contribution in [0.1, 0.15) is 0 Å². The minimum atomic E-state index is 0.170. The van der Waals surface area contributed by atoms with Gasteiger partial charge in [0.1, 0.15) is 17.8 Å². The molecule has 76 valence electrons. The van der Waals surface area contributed by atoms with E-state index in [1.807, 2.05) is 0 Å². The quantitative estimate of drug-likeness (QED) is 0.786. The van der Waals surface area contributed by atoms with E-state index in [9.17, 15) is 0 Å². The van der Waals surface area contributed by atoms with Crippen molar-refractivity contribution in [1.29, 1.82) is 0 Å². The average molecular weight is 223 g/mol. The molecule has 5 nitrogen and oxygen atoms in total. The summed E-state index contributed by atoms with van der Waals surface area (Å²) >= 11 is 5.71. The zero-order valence-electron chi connectivity index (χ0n) is 7.59. The van der Waals surface area contributed by atoms with Gasteiger partial charge in [0.15, 0.2) is 5.15 Å². The van der Waals surface area contributed by atoms with Crippen molar-refractivity contribution in [1.82, 2.24) is 15.0 Å². The van der Waals surface area contributed by atoms with Crippen LogP contribution in [0.15, 0.2) is 30.9 Å². The van der Waals surface area contributed by atoms with Crippen molar-refractivity contribution >= 4 is 17.3 Å². The molecule has 2 aromatic rings. The fraction of sp³-hybridized carbons (Fsp3) is 0. The van der Waals surface area contributed by atoms with E-state index in [0.717, 1.165) is 0 Å². The topological polar surface area (TPSA) is 73.9 Å². The number of ether oxygens (including phenoxy) is 1. The Kier molecular flexibility index (Phi) is 2.64. The van der Waals surface area contributed by atoms with E-state index in [4.69, 9.17) is 22.1 Å². The molecule has 0 atom stereocenters. The lowest BCUT2D eigenvalue weighted by atomic mass is 10.4. The van der Waals surface area contributed by atoms with Gasteiger partial charge in [-0.3, -0.25) is 4.98 Å². The fourth-order valence-electron chi connectivity index (χ4n) is 0.960. The van der Waals surface area contributed by atoms with Crippen LogP contribution in [0.2, 0.25) is 5.15 Å². The van der Waals surface area contributed by atoms with Gasteiger partial charge in [-0.1, -0.05) is 11.6 Å². The highest BCUT2D eigenvalue weighted by atomic mass is 35.5. The second-order valence-electron chi connectivity index (χ2n) is 2.67. The summed E-state index contributed by atoms with van der Waals surface area (Å²) < 4.78 is 5.37. The summed E-state index contributed by atoms with van der Waals surface area (Å²) in [7, 11) is 0. The van der Waals surface area contributed by atoms with Crippen LogP contribution < -0.4 is 10.5 Å². The molecule has 2 rings (SSSR count). The van der Waals surface area contributed by atoms with Crippen molar-refractivity contribution in [3.8, 4) is 11.6 Å². The summed E-state index contributed by atoms with van der Waals surface area (Å²) in [6.07, 6.45) is 4.48. The molecule has 0 unspecified atom stereocenters. The van der Waals surface area contributed by atoms with E-state index < -0.39 is 0 Å². The molecule has 0 aliphatic heterocycles. The van der Waals surface area contributed by atoms with Crippen LogP contribution in [0, 0.1) is 0 Å². The van der Waals surface area contributed by atoms with Crippen molar-refractivity contribution in [3.63, 3.8) is 0 Å². The van der Waals surface area contributed by atoms with E-state index in [1.165, 1.54) is 6.33 Å². The van der Waals surface area contributed by atoms with Gasteiger partial charge in [0.05, 0.1) is 6.20 Å². The standard InChI is InChI=1S/C9H7ClN4O/c10-8-7(11)9(14-5-13-8)15-6-2-1-3-12-4-6/h1-5H,11H2. The van der Waals surface area contributed by atoms with Crippen molar-refractivity contribution < 1.29 is 4.74 Å². The summed E-state index contributed by atoms with van der Waals surface area (Å²) in [4.78, 5) is 11.5. The second kappa shape index (κ2) is 4.10. The molecule has 0 aliphatic carbocycles. The lowest BCUT2D eigenvalue weighted by Gasteiger charge is -2.06. The summed E-state index contributed by atoms with van der Waals surface area (Å²) in [6.45, 7) is 0. The first-order valence-electron chi connectivity index (χ1n) is 4.11. The van der Waals surface area contributed by atoms with Crippen molar-refractivity contribution in [2.75, 3.05) is 5.73 Å². The van der Waals surface area contributed by atoms with E-state index in [0.29, 0.717) is 5.75 Å². The van der Waals surface area contributed by atoms with Crippen molar-refractivity contribution in [2.24, 2.45) is 0 Å². The van der Waals surface area contributed by atoms with Gasteiger partial charge in [-0.25, -0.2) is 4.98 Å². The van der Waals surface area contributed by atoms with Gasteiger partial charge in [-0.15, -0.1) is 0 Å². The summed E-state index contributed by atoms with van der Waals surface area (Å²) in [5.41, 5.74) is 5.84. The van der Waals surface area contributed by atoms with Crippen LogP contribution in [0.3, 0.4) is 0 Å². The molecule has 2 N–H and O–H groups in total. The van der Waals surface area contributed by atoms with Crippen LogP contribution >= 0.6 is 11.6 Å². The molecule has 0 amide bonds. The number of nitrogens with two attached hydrogens (primary N) is 1. The molecule has 6 heteroatoms. The number of rotatable bonds is 2. The molecular weight excluding hydrogens is 216 g/mol. The molecule has 2 heterocycles. The highest BCUT2D eigenvalue weighted by Crippen LogP contribution is 2.27. The third-order valence-electron chi connectivity index (χ3n) is 1.65. The number of hydrogen-bond donors (Lipinski definition) is 1. The Morgan fingerprint density at radius 1 is 1.33 bits per heavy atom. The molecule has 2 aromatic heterocycles. The van der Waals surface area contributed by atoms with Gasteiger partial charge in [0.2, 0.25) is 5.88 Å². The number of hydrogen-bond acceptors (Lipinski definition) is 5. The Morgan fingerprint density at radius 2 is 2.20 bits per heavy atom. The first-order valence-corrected chi connectivity index (χ1v) is 4.49. The van der Waals surface area contributed by atoms with Crippen molar-refractivity contribution in [2.45, 2.75) is 0 Å². The number of aromatic nitrogens is 3. The number of anilines is 1. The minimum absolute atomic E-state index is 0.170. The van der Waals surface area contributed by atoms with E-state index in [-0.39, 0.29) is 16.7 Å². The van der Waals surface area contributed by atoms with Gasteiger partial charge in [-0.2, -0.15) is 4.98 Å². The number of pyridine rings is 1. The van der Waals surface area contributed by atoms with Crippen molar-refractivity contribution in [3.05, 3.63) is 36.0 Å². The van der Waals surface area contributed by atoms with Crippen LogP contribution in [-0.2, 0) is 0 Å². The minimum Gasteiger partial charge on any atom is -0.435 e. The first kappa shape index (κ1) is 9.67. The third kappa shape index (κ3) is 2.13. The Morgan fingerprint density at radius 3 is 2.93 bits per heavy atom. The zero-order valence-corrected chi connectivity index (χ0v) is 8.35. The molecular formula is C9H7ClN4O. The molecule has 0 fully saturated rings. The van der Waals surface area contributed by atoms with Gasteiger partial charge in [0, 0.05) is 6.20 Å². The largest absolute Gasteiger partial charge is 0.435 e. The fourth-order valence-corrected chi connectivity index (χ4v) is 1.08. The van der Waals surface area contributed by atoms with Crippen LogP contribution in [-0.4, -0.2) is 15.0 Å². The monoisotopic (exact) mass is 222 g/mol. The van der Waals surface area contributed by atoms with Gasteiger partial charge in [0.25, 0.3) is 0 Å². The SMILES string of the molecule is Nc1c(Cl)ncnc1Oc1cccnc1. The van der Waals surface area contributed by atoms with Gasteiger partial charge in [-0.05, 0) is 12.1 Å². The average Bonchev–Trinajstić information content (AvgIpc) is 2.26. The summed E-state index contributed by atoms with van der Waals surface area (Å²) in [5, 5.41) is 0.170. The molecule has 0 aromatic carbocycles. The highest BCUT2D eigenvalue weighted by Gasteiger charge is 2.07. The number of nitrogens with zero attached hydrogens (tertiary/aromatic N) is 3. The Hall–Kier alpha value is -1.88. The third-order valence-corrected chi connectivity index (χ3v) is 1.95. The molecule has 0 radical (unpaired) electrons. The molecule has 0 bridgehead atoms. The normalized spacial score (nSPS) is 9.93. The maximum absolute atomic E-state index is 5.71. The Bertz CT molecular complexity index is 463. The number of halogens is 1. The Labute approximate surface area is 90.9 Å². The smallest absolute Gasteiger partial charge is 0.247 e. The molecule has 15 heavy (non-hydrogen) atoms. The molecule has 0 spiro atoms. The Balaban J connectivity index is 2.29. The predicted molar refractivity (Wildman–Crippen MR) is 55.8 cm³/mol. The molecule has 0 aliphatic rings. The highest BCUT2D eigenvalue weighted by molar-refractivity contribution is 6.32. The first-order chi connectivity index (χ1) is 7.27. The van der Waals surface area contributed by atoms with Crippen LogP contribution in [0.4, 0.5) is 5.69 Å². The summed E-state index contributed by atoms with van der Waals surface area (Å²) in [5.74, 6) is 0.766. The maximum Gasteiger partial charge on any atom is 0.247 e. The van der Waals surface area contributed by atoms with E-state index in [2.05, 4.69) is 15.0 Å². The van der Waals surface area contributed by atoms with E-state index >= 15 is 0 Å².